The standard InChI is InChI=1S/C29H37N3O4/c1-20(21-10-6-5-7-11-21)30-26(33)22-14-16-31(17-15-22)27(34)25-18-23-12-8-9-13-24(23)19-32(25)28(35)36-29(2,3)4/h5-13,20,22,25H,14-19H2,1-4H3,(H,30,33)/t20-,25-/m1/s1. The second-order valence-corrected chi connectivity index (χ2v) is 10.8. The number of carbonyl (C=O) groups excluding carboxylic acids is 3. The molecule has 1 N–H and O–H groups in total. The van der Waals surface area contributed by atoms with Crippen molar-refractivity contribution < 1.29 is 19.1 Å². The van der Waals surface area contributed by atoms with E-state index in [1.807, 2.05) is 82.3 Å². The van der Waals surface area contributed by atoms with Gasteiger partial charge in [0.25, 0.3) is 0 Å². The SMILES string of the molecule is C[C@@H](NC(=O)C1CCN(C(=O)[C@H]2Cc3ccccc3CN2C(=O)OC(C)(C)C)CC1)c1ccccc1. The zero-order chi connectivity index (χ0) is 25.9. The number of nitrogens with zero attached hydrogens (tertiary/aromatic N) is 2. The summed E-state index contributed by atoms with van der Waals surface area (Å²) < 4.78 is 5.65. The number of amides is 3. The van der Waals surface area contributed by atoms with Crippen molar-refractivity contribution in [3.8, 4) is 0 Å². The fourth-order valence-corrected chi connectivity index (χ4v) is 4.99. The van der Waals surface area contributed by atoms with E-state index < -0.39 is 17.7 Å². The number of hydrogen-bond acceptors (Lipinski definition) is 4. The van der Waals surface area contributed by atoms with Crippen molar-refractivity contribution >= 4 is 17.9 Å². The molecular weight excluding hydrogens is 454 g/mol. The van der Waals surface area contributed by atoms with Gasteiger partial charge in [-0.2, -0.15) is 0 Å². The maximum atomic E-state index is 13.7. The van der Waals surface area contributed by atoms with Gasteiger partial charge in [-0.25, -0.2) is 4.79 Å². The summed E-state index contributed by atoms with van der Waals surface area (Å²) in [4.78, 5) is 43.0. The lowest BCUT2D eigenvalue weighted by Crippen LogP contribution is -2.56. The van der Waals surface area contributed by atoms with E-state index >= 15 is 0 Å². The first kappa shape index (κ1) is 25.7. The Hall–Kier alpha value is -3.35. The molecule has 192 valence electrons. The van der Waals surface area contributed by atoms with E-state index in [-0.39, 0.29) is 23.8 Å². The lowest BCUT2D eigenvalue weighted by Gasteiger charge is -2.40. The molecule has 0 saturated carbocycles. The summed E-state index contributed by atoms with van der Waals surface area (Å²) in [6, 6.07) is 17.1. The van der Waals surface area contributed by atoms with Gasteiger partial charge in [-0.05, 0) is 57.2 Å². The molecule has 0 unspecified atom stereocenters. The summed E-state index contributed by atoms with van der Waals surface area (Å²) in [6.07, 6.45) is 1.20. The molecule has 2 aliphatic heterocycles. The predicted octanol–water partition coefficient (Wildman–Crippen LogP) is 4.46. The van der Waals surface area contributed by atoms with E-state index in [9.17, 15) is 14.4 Å². The second kappa shape index (κ2) is 10.7. The Morgan fingerprint density at radius 3 is 2.19 bits per heavy atom. The third-order valence-corrected chi connectivity index (χ3v) is 7.00. The Kier molecular flexibility index (Phi) is 7.67. The van der Waals surface area contributed by atoms with Crippen LogP contribution in [0, 0.1) is 5.92 Å². The highest BCUT2D eigenvalue weighted by atomic mass is 16.6. The minimum absolute atomic E-state index is 0.0282. The van der Waals surface area contributed by atoms with Gasteiger partial charge in [0.15, 0.2) is 0 Å². The van der Waals surface area contributed by atoms with E-state index in [4.69, 9.17) is 4.74 Å². The molecule has 0 radical (unpaired) electrons. The summed E-state index contributed by atoms with van der Waals surface area (Å²) >= 11 is 0. The van der Waals surface area contributed by atoms with Crippen LogP contribution in [0.5, 0.6) is 0 Å². The number of hydrogen-bond donors (Lipinski definition) is 1. The molecule has 36 heavy (non-hydrogen) atoms. The van der Waals surface area contributed by atoms with E-state index in [1.54, 1.807) is 9.80 Å². The molecule has 0 spiro atoms. The summed E-state index contributed by atoms with van der Waals surface area (Å²) in [5, 5.41) is 3.12. The molecule has 2 aromatic rings. The van der Waals surface area contributed by atoms with Gasteiger partial charge in [0.1, 0.15) is 11.6 Å². The Labute approximate surface area is 213 Å². The van der Waals surface area contributed by atoms with Crippen LogP contribution in [0.4, 0.5) is 4.79 Å². The van der Waals surface area contributed by atoms with Crippen LogP contribution < -0.4 is 5.32 Å². The Morgan fingerprint density at radius 1 is 0.944 bits per heavy atom. The van der Waals surface area contributed by atoms with Crippen LogP contribution in [-0.4, -0.2) is 52.4 Å². The first-order valence-electron chi connectivity index (χ1n) is 12.8. The molecule has 2 aliphatic rings. The van der Waals surface area contributed by atoms with E-state index in [0.717, 1.165) is 16.7 Å². The number of carbonyl (C=O) groups is 3. The molecule has 3 amide bonds. The number of benzene rings is 2. The highest BCUT2D eigenvalue weighted by Gasteiger charge is 2.40. The third kappa shape index (κ3) is 6.07. The van der Waals surface area contributed by atoms with Gasteiger partial charge in [-0.15, -0.1) is 0 Å². The smallest absolute Gasteiger partial charge is 0.411 e. The minimum atomic E-state index is -0.649. The van der Waals surface area contributed by atoms with Crippen molar-refractivity contribution in [2.75, 3.05) is 13.1 Å². The molecule has 0 aromatic heterocycles. The third-order valence-electron chi connectivity index (χ3n) is 7.00. The zero-order valence-electron chi connectivity index (χ0n) is 21.7. The Morgan fingerprint density at radius 2 is 1.56 bits per heavy atom. The lowest BCUT2D eigenvalue weighted by molar-refractivity contribution is -0.140. The van der Waals surface area contributed by atoms with Crippen LogP contribution in [0.3, 0.4) is 0 Å². The molecule has 7 heteroatoms. The maximum Gasteiger partial charge on any atom is 0.411 e. The zero-order valence-corrected chi connectivity index (χ0v) is 21.7. The highest BCUT2D eigenvalue weighted by molar-refractivity contribution is 5.87. The van der Waals surface area contributed by atoms with Gasteiger partial charge < -0.3 is 15.0 Å². The predicted molar refractivity (Wildman–Crippen MR) is 138 cm³/mol. The van der Waals surface area contributed by atoms with Crippen LogP contribution in [-0.2, 0) is 27.3 Å². The Balaban J connectivity index is 1.40. The molecule has 0 aliphatic carbocycles. The first-order chi connectivity index (χ1) is 17.1. The van der Waals surface area contributed by atoms with E-state index in [2.05, 4.69) is 5.32 Å². The number of fused-ring (bicyclic) bond motifs is 1. The molecule has 1 fully saturated rings. The van der Waals surface area contributed by atoms with Crippen molar-refractivity contribution in [2.45, 2.75) is 71.2 Å². The van der Waals surface area contributed by atoms with Crippen LogP contribution in [0.1, 0.15) is 63.3 Å². The van der Waals surface area contributed by atoms with Gasteiger partial charge in [0.05, 0.1) is 12.6 Å². The fraction of sp³-hybridized carbons (Fsp3) is 0.483. The molecule has 0 bridgehead atoms. The quantitative estimate of drug-likeness (QED) is 0.685. The lowest BCUT2D eigenvalue weighted by atomic mass is 9.91. The van der Waals surface area contributed by atoms with Gasteiger partial charge in [-0.3, -0.25) is 14.5 Å². The van der Waals surface area contributed by atoms with Crippen LogP contribution in [0.2, 0.25) is 0 Å². The number of likely N-dealkylation sites (tertiary alicyclic amines) is 1. The number of ether oxygens (including phenoxy) is 1. The number of nitrogens with one attached hydrogen (secondary N) is 1. The van der Waals surface area contributed by atoms with Gasteiger partial charge in [0.2, 0.25) is 11.8 Å². The van der Waals surface area contributed by atoms with Crippen molar-refractivity contribution in [1.82, 2.24) is 15.1 Å². The normalized spacial score (nSPS) is 19.3. The monoisotopic (exact) mass is 491 g/mol. The second-order valence-electron chi connectivity index (χ2n) is 10.8. The fourth-order valence-electron chi connectivity index (χ4n) is 4.99. The first-order valence-corrected chi connectivity index (χ1v) is 12.8. The number of rotatable bonds is 4. The summed E-state index contributed by atoms with van der Waals surface area (Å²) in [7, 11) is 0. The average Bonchev–Trinajstić information content (AvgIpc) is 2.87. The van der Waals surface area contributed by atoms with E-state index in [1.165, 1.54) is 0 Å². The van der Waals surface area contributed by atoms with Crippen LogP contribution in [0.15, 0.2) is 54.6 Å². The number of piperidine rings is 1. The topological polar surface area (TPSA) is 79.0 Å². The largest absolute Gasteiger partial charge is 0.444 e. The van der Waals surface area contributed by atoms with E-state index in [0.29, 0.717) is 38.9 Å². The summed E-state index contributed by atoms with van der Waals surface area (Å²) in [5.74, 6) is -0.179. The molecule has 2 aromatic carbocycles. The Bertz CT molecular complexity index is 1090. The van der Waals surface area contributed by atoms with Crippen molar-refractivity contribution in [3.05, 3.63) is 71.3 Å². The molecule has 7 nitrogen and oxygen atoms in total. The van der Waals surface area contributed by atoms with Crippen LogP contribution in [0.25, 0.3) is 0 Å². The van der Waals surface area contributed by atoms with Crippen molar-refractivity contribution in [3.63, 3.8) is 0 Å². The van der Waals surface area contributed by atoms with Gasteiger partial charge in [-0.1, -0.05) is 54.6 Å². The van der Waals surface area contributed by atoms with Crippen molar-refractivity contribution in [2.24, 2.45) is 5.92 Å². The molecule has 2 heterocycles. The molecule has 4 rings (SSSR count). The molecule has 1 saturated heterocycles. The minimum Gasteiger partial charge on any atom is -0.444 e. The molecular formula is C29H37N3O4. The van der Waals surface area contributed by atoms with Gasteiger partial charge in [0, 0.05) is 25.4 Å². The summed E-state index contributed by atoms with van der Waals surface area (Å²) in [6.45, 7) is 8.81. The van der Waals surface area contributed by atoms with Gasteiger partial charge >= 0.3 is 6.09 Å². The maximum absolute atomic E-state index is 13.7. The van der Waals surface area contributed by atoms with Crippen LogP contribution >= 0.6 is 0 Å². The average molecular weight is 492 g/mol. The van der Waals surface area contributed by atoms with Crippen molar-refractivity contribution in [1.29, 1.82) is 0 Å². The summed E-state index contributed by atoms with van der Waals surface area (Å²) in [5.41, 5.74) is 2.54. The molecule has 2 atom stereocenters. The highest BCUT2D eigenvalue weighted by Crippen LogP contribution is 2.28.